The van der Waals surface area contributed by atoms with Crippen LogP contribution in [0.1, 0.15) is 6.42 Å². The number of anilines is 1. The van der Waals surface area contributed by atoms with Gasteiger partial charge in [-0.05, 0) is 0 Å². The van der Waals surface area contributed by atoms with Crippen molar-refractivity contribution in [3.05, 3.63) is 12.4 Å². The van der Waals surface area contributed by atoms with Crippen LogP contribution in [0.4, 0.5) is 10.1 Å². The number of carbonyl (C=O) groups excluding carboxylic acids is 1. The first-order valence-corrected chi connectivity index (χ1v) is 4.92. The fraction of sp³-hybridized carbons (Fsp3) is 0.556. The highest BCUT2D eigenvalue weighted by molar-refractivity contribution is 5.93. The van der Waals surface area contributed by atoms with E-state index >= 15 is 0 Å². The minimum absolute atomic E-state index is 0.150. The lowest BCUT2D eigenvalue weighted by Crippen LogP contribution is -2.89. The number of rotatable bonds is 2. The molecule has 82 valence electrons. The number of hydrogen-bond donors (Lipinski definition) is 2. The quantitative estimate of drug-likeness (QED) is 0.664. The molecule has 1 amide bonds. The molecule has 1 aromatic heterocycles. The van der Waals surface area contributed by atoms with Crippen LogP contribution in [0, 0.1) is 0 Å². The van der Waals surface area contributed by atoms with E-state index in [1.54, 1.807) is 29.4 Å². The zero-order chi connectivity index (χ0) is 10.8. The van der Waals surface area contributed by atoms with Gasteiger partial charge in [0.1, 0.15) is 6.54 Å². The van der Waals surface area contributed by atoms with Gasteiger partial charge in [-0.15, -0.1) is 0 Å². The van der Waals surface area contributed by atoms with E-state index < -0.39 is 6.17 Å². The number of aromatic nitrogens is 2. The maximum atomic E-state index is 12.8. The number of nitrogens with one attached hydrogen (secondary N) is 1. The molecule has 1 saturated heterocycles. The van der Waals surface area contributed by atoms with Crippen LogP contribution in [0.25, 0.3) is 0 Å². The van der Waals surface area contributed by atoms with Gasteiger partial charge in [-0.2, -0.15) is 5.10 Å². The molecule has 0 saturated carbocycles. The van der Waals surface area contributed by atoms with Crippen molar-refractivity contribution in [2.75, 3.05) is 11.9 Å². The monoisotopic (exact) mass is 213 g/mol. The number of halogens is 1. The van der Waals surface area contributed by atoms with Crippen LogP contribution >= 0.6 is 0 Å². The summed E-state index contributed by atoms with van der Waals surface area (Å²) in [5, 5.41) is 8.37. The lowest BCUT2D eigenvalue weighted by molar-refractivity contribution is -0.658. The number of nitrogens with two attached hydrogens (primary N) is 1. The van der Waals surface area contributed by atoms with Gasteiger partial charge < -0.3 is 10.6 Å². The highest BCUT2D eigenvalue weighted by Gasteiger charge is 2.33. The van der Waals surface area contributed by atoms with E-state index in [2.05, 4.69) is 10.4 Å². The van der Waals surface area contributed by atoms with Crippen LogP contribution in [-0.2, 0) is 11.8 Å². The molecule has 2 rings (SSSR count). The van der Waals surface area contributed by atoms with Crippen LogP contribution in [0.15, 0.2) is 12.4 Å². The lowest BCUT2D eigenvalue weighted by atomic mass is 10.2. The largest absolute Gasteiger partial charge is 0.334 e. The zero-order valence-electron chi connectivity index (χ0n) is 8.48. The number of amides is 1. The van der Waals surface area contributed by atoms with Crippen molar-refractivity contribution in [1.82, 2.24) is 9.78 Å². The molecule has 6 heteroatoms. The van der Waals surface area contributed by atoms with Crippen molar-refractivity contribution in [2.45, 2.75) is 18.6 Å². The van der Waals surface area contributed by atoms with Gasteiger partial charge in [-0.3, -0.25) is 9.48 Å². The number of carbonyl (C=O) groups is 1. The number of quaternary nitrogens is 1. The van der Waals surface area contributed by atoms with E-state index in [0.29, 0.717) is 18.7 Å². The molecule has 1 aliphatic rings. The molecule has 0 aromatic carbocycles. The number of alkyl halides is 1. The summed E-state index contributed by atoms with van der Waals surface area (Å²) in [6.45, 7) is 0.380. The minimum Gasteiger partial charge on any atom is -0.334 e. The van der Waals surface area contributed by atoms with E-state index in [9.17, 15) is 9.18 Å². The first kappa shape index (κ1) is 10.1. The predicted molar refractivity (Wildman–Crippen MR) is 51.9 cm³/mol. The molecule has 1 fully saturated rings. The first-order valence-electron chi connectivity index (χ1n) is 4.92. The summed E-state index contributed by atoms with van der Waals surface area (Å²) >= 11 is 0. The Kier molecular flexibility index (Phi) is 2.68. The van der Waals surface area contributed by atoms with Gasteiger partial charge in [0.25, 0.3) is 5.91 Å². The summed E-state index contributed by atoms with van der Waals surface area (Å²) in [4.78, 5) is 11.6. The summed E-state index contributed by atoms with van der Waals surface area (Å²) in [6.07, 6.45) is 2.71. The molecule has 2 heterocycles. The fourth-order valence-corrected chi connectivity index (χ4v) is 1.71. The molecule has 5 nitrogen and oxygen atoms in total. The van der Waals surface area contributed by atoms with Crippen molar-refractivity contribution in [3.63, 3.8) is 0 Å². The Morgan fingerprint density at radius 1 is 1.80 bits per heavy atom. The molecule has 1 aromatic rings. The molecule has 15 heavy (non-hydrogen) atoms. The maximum Gasteiger partial charge on any atom is 0.282 e. The summed E-state index contributed by atoms with van der Waals surface area (Å²) in [5.74, 6) is -0.150. The van der Waals surface area contributed by atoms with Gasteiger partial charge in [-0.25, -0.2) is 4.39 Å². The summed E-state index contributed by atoms with van der Waals surface area (Å²) in [6, 6.07) is -0.305. The van der Waals surface area contributed by atoms with Gasteiger partial charge in [0.05, 0.1) is 11.9 Å². The third-order valence-corrected chi connectivity index (χ3v) is 2.50. The molecule has 2 atom stereocenters. The van der Waals surface area contributed by atoms with E-state index in [1.807, 2.05) is 0 Å². The van der Waals surface area contributed by atoms with Gasteiger partial charge in [0.2, 0.25) is 0 Å². The topological polar surface area (TPSA) is 63.5 Å². The van der Waals surface area contributed by atoms with Crippen LogP contribution in [0.2, 0.25) is 0 Å². The van der Waals surface area contributed by atoms with Crippen LogP contribution in [0.3, 0.4) is 0 Å². The first-order chi connectivity index (χ1) is 7.15. The maximum absolute atomic E-state index is 12.8. The van der Waals surface area contributed by atoms with Gasteiger partial charge >= 0.3 is 0 Å². The van der Waals surface area contributed by atoms with Crippen molar-refractivity contribution in [2.24, 2.45) is 7.05 Å². The fourth-order valence-electron chi connectivity index (χ4n) is 1.71. The normalized spacial score (nSPS) is 25.5. The van der Waals surface area contributed by atoms with Crippen LogP contribution < -0.4 is 10.6 Å². The SMILES string of the molecule is Cn1cc(NC(=O)[C@@H]2C[C@@H](F)C[NH2+]2)cn1. The Morgan fingerprint density at radius 2 is 2.60 bits per heavy atom. The number of aryl methyl sites for hydroxylation is 1. The number of hydrogen-bond acceptors (Lipinski definition) is 2. The smallest absolute Gasteiger partial charge is 0.282 e. The highest BCUT2D eigenvalue weighted by Crippen LogP contribution is 2.08. The molecule has 3 N–H and O–H groups in total. The van der Waals surface area contributed by atoms with Crippen molar-refractivity contribution in [3.8, 4) is 0 Å². The second-order valence-corrected chi connectivity index (χ2v) is 3.80. The average molecular weight is 213 g/mol. The van der Waals surface area contributed by atoms with E-state index in [0.717, 1.165) is 0 Å². The molecule has 0 unspecified atom stereocenters. The van der Waals surface area contributed by atoms with Crippen LogP contribution in [-0.4, -0.2) is 34.4 Å². The van der Waals surface area contributed by atoms with E-state index in [-0.39, 0.29) is 11.9 Å². The Labute approximate surface area is 86.6 Å². The molecule has 1 aliphatic heterocycles. The van der Waals surface area contributed by atoms with Gasteiger partial charge in [-0.1, -0.05) is 0 Å². The van der Waals surface area contributed by atoms with Crippen molar-refractivity contribution in [1.29, 1.82) is 0 Å². The summed E-state index contributed by atoms with van der Waals surface area (Å²) in [7, 11) is 1.77. The second-order valence-electron chi connectivity index (χ2n) is 3.80. The van der Waals surface area contributed by atoms with Crippen LogP contribution in [0.5, 0.6) is 0 Å². The zero-order valence-corrected chi connectivity index (χ0v) is 8.48. The molecular formula is C9H14FN4O+. The second kappa shape index (κ2) is 3.98. The molecule has 0 bridgehead atoms. The molecule has 0 spiro atoms. The van der Waals surface area contributed by atoms with E-state index in [4.69, 9.17) is 0 Å². The third-order valence-electron chi connectivity index (χ3n) is 2.50. The average Bonchev–Trinajstić information content (AvgIpc) is 2.75. The lowest BCUT2D eigenvalue weighted by Gasteiger charge is -2.05. The molecular weight excluding hydrogens is 199 g/mol. The number of nitrogens with zero attached hydrogens (tertiary/aromatic N) is 2. The Morgan fingerprint density at radius 3 is 3.13 bits per heavy atom. The Balaban J connectivity index is 1.92. The van der Waals surface area contributed by atoms with Crippen molar-refractivity contribution >= 4 is 11.6 Å². The minimum atomic E-state index is -0.866. The standard InChI is InChI=1S/C9H13FN4O/c1-14-5-7(4-12-14)13-9(15)8-2-6(10)3-11-8/h4-6,8,11H,2-3H2,1H3,(H,13,15)/p+1/t6-,8+/m1/s1. The Hall–Kier alpha value is -1.43. The van der Waals surface area contributed by atoms with Gasteiger partial charge in [0, 0.05) is 19.7 Å². The van der Waals surface area contributed by atoms with Gasteiger partial charge in [0.15, 0.2) is 12.2 Å². The predicted octanol–water partition coefficient (Wildman–Crippen LogP) is -0.968. The molecule has 0 aliphatic carbocycles. The third kappa shape index (κ3) is 2.33. The van der Waals surface area contributed by atoms with Crippen molar-refractivity contribution < 1.29 is 14.5 Å². The highest BCUT2D eigenvalue weighted by atomic mass is 19.1. The molecule has 0 radical (unpaired) electrons. The summed E-state index contributed by atoms with van der Waals surface area (Å²) < 4.78 is 14.5. The van der Waals surface area contributed by atoms with E-state index in [1.165, 1.54) is 0 Å². The Bertz CT molecular complexity index is 365. The summed E-state index contributed by atoms with van der Waals surface area (Å²) in [5.41, 5.74) is 0.651.